The summed E-state index contributed by atoms with van der Waals surface area (Å²) < 4.78 is 32.0. The molecule has 3 unspecified atom stereocenters. The highest BCUT2D eigenvalue weighted by Gasteiger charge is 2.42. The van der Waals surface area contributed by atoms with Crippen molar-refractivity contribution < 1.29 is 18.0 Å². The SMILES string of the molecule is Cc1cc(CS(=O)(=O)N2CCCC2C2CCCCC2O)no1. The Labute approximate surface area is 131 Å². The number of aliphatic hydroxyl groups excluding tert-OH is 1. The van der Waals surface area contributed by atoms with Crippen molar-refractivity contribution in [3.05, 3.63) is 17.5 Å². The van der Waals surface area contributed by atoms with E-state index in [-0.39, 0.29) is 23.8 Å². The lowest BCUT2D eigenvalue weighted by Crippen LogP contribution is -2.45. The van der Waals surface area contributed by atoms with Crippen LogP contribution in [0.3, 0.4) is 0 Å². The Balaban J connectivity index is 1.76. The molecule has 1 aromatic heterocycles. The number of nitrogens with zero attached hydrogens (tertiary/aromatic N) is 2. The number of aryl methyl sites for hydroxylation is 1. The first kappa shape index (κ1) is 16.0. The van der Waals surface area contributed by atoms with E-state index in [0.29, 0.717) is 18.0 Å². The summed E-state index contributed by atoms with van der Waals surface area (Å²) in [5.74, 6) is 0.569. The number of aliphatic hydroxyl groups is 1. The van der Waals surface area contributed by atoms with E-state index in [2.05, 4.69) is 5.16 Å². The average Bonchev–Trinajstić information content (AvgIpc) is 3.08. The zero-order valence-corrected chi connectivity index (χ0v) is 13.8. The Morgan fingerprint density at radius 2 is 2.09 bits per heavy atom. The summed E-state index contributed by atoms with van der Waals surface area (Å²) >= 11 is 0. The van der Waals surface area contributed by atoms with Crippen LogP contribution in [0.25, 0.3) is 0 Å². The van der Waals surface area contributed by atoms with Gasteiger partial charge in [0.25, 0.3) is 0 Å². The maximum atomic E-state index is 12.7. The third-order valence-corrected chi connectivity index (χ3v) is 6.72. The minimum Gasteiger partial charge on any atom is -0.393 e. The molecular weight excluding hydrogens is 304 g/mol. The van der Waals surface area contributed by atoms with Crippen LogP contribution in [0.5, 0.6) is 0 Å². The first-order chi connectivity index (χ1) is 10.5. The third-order valence-electron chi connectivity index (χ3n) is 4.89. The predicted molar refractivity (Wildman–Crippen MR) is 81.6 cm³/mol. The molecule has 0 bridgehead atoms. The summed E-state index contributed by atoms with van der Waals surface area (Å²) in [6.07, 6.45) is 5.16. The molecule has 1 N–H and O–H groups in total. The first-order valence-corrected chi connectivity index (χ1v) is 9.68. The molecule has 1 aromatic rings. The van der Waals surface area contributed by atoms with Crippen LogP contribution in [0, 0.1) is 12.8 Å². The largest absolute Gasteiger partial charge is 0.393 e. The summed E-state index contributed by atoms with van der Waals surface area (Å²) in [4.78, 5) is 0. The van der Waals surface area contributed by atoms with Crippen LogP contribution >= 0.6 is 0 Å². The Morgan fingerprint density at radius 3 is 2.77 bits per heavy atom. The Kier molecular flexibility index (Phi) is 4.56. The fourth-order valence-corrected chi connectivity index (χ4v) is 5.64. The fraction of sp³-hybridized carbons (Fsp3) is 0.800. The van der Waals surface area contributed by atoms with Gasteiger partial charge in [-0.05, 0) is 32.6 Å². The highest BCUT2D eigenvalue weighted by Crippen LogP contribution is 2.36. The number of aromatic nitrogens is 1. The smallest absolute Gasteiger partial charge is 0.220 e. The van der Waals surface area contributed by atoms with E-state index in [1.807, 2.05) is 0 Å². The van der Waals surface area contributed by atoms with Gasteiger partial charge in [-0.2, -0.15) is 4.31 Å². The molecule has 3 atom stereocenters. The van der Waals surface area contributed by atoms with Gasteiger partial charge in [-0.3, -0.25) is 0 Å². The van der Waals surface area contributed by atoms with Crippen LogP contribution in [-0.4, -0.2) is 41.7 Å². The van der Waals surface area contributed by atoms with Gasteiger partial charge in [-0.1, -0.05) is 18.0 Å². The Hall–Kier alpha value is -0.920. The molecule has 3 rings (SSSR count). The van der Waals surface area contributed by atoms with E-state index in [0.717, 1.165) is 38.5 Å². The van der Waals surface area contributed by atoms with Gasteiger partial charge in [-0.25, -0.2) is 8.42 Å². The van der Waals surface area contributed by atoms with E-state index in [1.54, 1.807) is 17.3 Å². The standard InChI is InChI=1S/C15H24N2O4S/c1-11-9-12(16-21-11)10-22(19,20)17-8-4-6-14(17)13-5-2-3-7-15(13)18/h9,13-15,18H,2-8,10H2,1H3. The van der Waals surface area contributed by atoms with Crippen molar-refractivity contribution in [2.45, 2.75) is 63.3 Å². The molecule has 1 saturated heterocycles. The second kappa shape index (κ2) is 6.29. The fourth-order valence-electron chi connectivity index (χ4n) is 3.88. The van der Waals surface area contributed by atoms with Crippen molar-refractivity contribution in [1.82, 2.24) is 9.46 Å². The van der Waals surface area contributed by atoms with Crippen molar-refractivity contribution in [2.24, 2.45) is 5.92 Å². The van der Waals surface area contributed by atoms with Crippen LogP contribution in [0.15, 0.2) is 10.6 Å². The van der Waals surface area contributed by atoms with Crippen molar-refractivity contribution in [3.8, 4) is 0 Å². The van der Waals surface area contributed by atoms with Crippen LogP contribution in [0.2, 0.25) is 0 Å². The molecule has 0 amide bonds. The number of rotatable bonds is 4. The molecule has 2 heterocycles. The van der Waals surface area contributed by atoms with E-state index >= 15 is 0 Å². The normalized spacial score (nSPS) is 30.7. The van der Waals surface area contributed by atoms with Crippen molar-refractivity contribution in [3.63, 3.8) is 0 Å². The van der Waals surface area contributed by atoms with Gasteiger partial charge in [0.05, 0.1) is 6.10 Å². The second-order valence-corrected chi connectivity index (χ2v) is 8.44. The van der Waals surface area contributed by atoms with Crippen LogP contribution in [0.4, 0.5) is 0 Å². The van der Waals surface area contributed by atoms with E-state index in [4.69, 9.17) is 4.52 Å². The van der Waals surface area contributed by atoms with E-state index in [9.17, 15) is 13.5 Å². The molecule has 124 valence electrons. The number of sulfonamides is 1. The molecule has 0 radical (unpaired) electrons. The minimum atomic E-state index is -3.42. The van der Waals surface area contributed by atoms with Gasteiger partial charge in [0, 0.05) is 24.6 Å². The molecule has 1 saturated carbocycles. The quantitative estimate of drug-likeness (QED) is 0.911. The Bertz CT molecular complexity index is 613. The maximum Gasteiger partial charge on any atom is 0.220 e. The molecule has 1 aliphatic carbocycles. The molecule has 1 aliphatic heterocycles. The number of hydrogen-bond donors (Lipinski definition) is 1. The van der Waals surface area contributed by atoms with Crippen LogP contribution < -0.4 is 0 Å². The summed E-state index contributed by atoms with van der Waals surface area (Å²) in [7, 11) is -3.42. The predicted octanol–water partition coefficient (Wildman–Crippen LogP) is 1.83. The van der Waals surface area contributed by atoms with Gasteiger partial charge in [0.15, 0.2) is 0 Å². The van der Waals surface area contributed by atoms with Gasteiger partial charge >= 0.3 is 0 Å². The first-order valence-electron chi connectivity index (χ1n) is 8.07. The lowest BCUT2D eigenvalue weighted by atomic mass is 9.81. The van der Waals surface area contributed by atoms with Crippen molar-refractivity contribution >= 4 is 10.0 Å². The molecule has 2 fully saturated rings. The van der Waals surface area contributed by atoms with E-state index in [1.165, 1.54) is 0 Å². The molecule has 6 nitrogen and oxygen atoms in total. The molecule has 2 aliphatic rings. The number of hydrogen-bond acceptors (Lipinski definition) is 5. The van der Waals surface area contributed by atoms with Gasteiger partial charge in [0.1, 0.15) is 17.2 Å². The average molecular weight is 328 g/mol. The molecule has 7 heteroatoms. The molecular formula is C15H24N2O4S. The third kappa shape index (κ3) is 3.21. The van der Waals surface area contributed by atoms with Crippen LogP contribution in [0.1, 0.15) is 50.0 Å². The van der Waals surface area contributed by atoms with Crippen LogP contribution in [-0.2, 0) is 15.8 Å². The van der Waals surface area contributed by atoms with Gasteiger partial charge in [-0.15, -0.1) is 0 Å². The summed E-state index contributed by atoms with van der Waals surface area (Å²) in [5, 5.41) is 14.1. The summed E-state index contributed by atoms with van der Waals surface area (Å²) in [5.41, 5.74) is 0.451. The van der Waals surface area contributed by atoms with Crippen molar-refractivity contribution in [1.29, 1.82) is 0 Å². The highest BCUT2D eigenvalue weighted by molar-refractivity contribution is 7.88. The second-order valence-electron chi connectivity index (χ2n) is 6.52. The van der Waals surface area contributed by atoms with E-state index < -0.39 is 10.0 Å². The summed E-state index contributed by atoms with van der Waals surface area (Å²) in [6, 6.07) is 1.60. The molecule has 0 aromatic carbocycles. The van der Waals surface area contributed by atoms with Crippen molar-refractivity contribution in [2.75, 3.05) is 6.54 Å². The monoisotopic (exact) mass is 328 g/mol. The molecule has 0 spiro atoms. The maximum absolute atomic E-state index is 12.7. The van der Waals surface area contributed by atoms with Gasteiger partial charge < -0.3 is 9.63 Å². The zero-order valence-electron chi connectivity index (χ0n) is 12.9. The zero-order chi connectivity index (χ0) is 15.7. The van der Waals surface area contributed by atoms with Gasteiger partial charge in [0.2, 0.25) is 10.0 Å². The lowest BCUT2D eigenvalue weighted by Gasteiger charge is -2.36. The highest BCUT2D eigenvalue weighted by atomic mass is 32.2. The molecule has 22 heavy (non-hydrogen) atoms. The topological polar surface area (TPSA) is 83.6 Å². The summed E-state index contributed by atoms with van der Waals surface area (Å²) in [6.45, 7) is 2.30. The Morgan fingerprint density at radius 1 is 1.32 bits per heavy atom. The minimum absolute atomic E-state index is 0.0618. The lowest BCUT2D eigenvalue weighted by molar-refractivity contribution is 0.0386.